The van der Waals surface area contributed by atoms with Gasteiger partial charge in [-0.2, -0.15) is 13.2 Å². The molecule has 0 aliphatic heterocycles. The maximum atomic E-state index is 13.0. The Kier molecular flexibility index (Phi) is 4.08. The average Bonchev–Trinajstić information content (AvgIpc) is 2.77. The van der Waals surface area contributed by atoms with Crippen molar-refractivity contribution < 1.29 is 17.6 Å². The van der Waals surface area contributed by atoms with Gasteiger partial charge in [0.15, 0.2) is 0 Å². The number of furan rings is 1. The second kappa shape index (κ2) is 5.47. The first-order chi connectivity index (χ1) is 9.27. The summed E-state index contributed by atoms with van der Waals surface area (Å²) >= 11 is 2.99. The number of hydrogen-bond acceptors (Lipinski definition) is 3. The van der Waals surface area contributed by atoms with Crippen molar-refractivity contribution >= 4 is 21.7 Å². The van der Waals surface area contributed by atoms with E-state index in [0.717, 1.165) is 6.07 Å². The summed E-state index contributed by atoms with van der Waals surface area (Å²) in [4.78, 5) is 3.80. The fourth-order valence-corrected chi connectivity index (χ4v) is 2.06. The number of alkyl halides is 3. The number of anilines is 1. The maximum absolute atomic E-state index is 13.0. The highest BCUT2D eigenvalue weighted by Gasteiger charge is 2.35. The molecule has 0 aliphatic rings. The quantitative estimate of drug-likeness (QED) is 0.853. The molecular formula is C13H12BrF3N2O. The molecule has 0 saturated carbocycles. The molecule has 0 aliphatic carbocycles. The molecule has 0 aromatic carbocycles. The standard InChI is InChI=1S/C13H12BrF3N2O/c1-7-3-4-11(20-7)8(2)19-12-10(13(15,16)17)5-9(14)6-18-12/h3-6,8H,1-2H3,(H,18,19). The molecule has 108 valence electrons. The zero-order chi connectivity index (χ0) is 14.9. The van der Waals surface area contributed by atoms with Crippen molar-refractivity contribution in [2.24, 2.45) is 0 Å². The van der Waals surface area contributed by atoms with E-state index in [2.05, 4.69) is 26.2 Å². The first-order valence-electron chi connectivity index (χ1n) is 5.83. The van der Waals surface area contributed by atoms with Gasteiger partial charge in [-0.25, -0.2) is 4.98 Å². The molecular weight excluding hydrogens is 337 g/mol. The summed E-state index contributed by atoms with van der Waals surface area (Å²) in [6.07, 6.45) is -3.16. The normalized spacial score (nSPS) is 13.3. The lowest BCUT2D eigenvalue weighted by atomic mass is 10.2. The minimum atomic E-state index is -4.47. The molecule has 0 saturated heterocycles. The Bertz CT molecular complexity index is 610. The minimum absolute atomic E-state index is 0.220. The molecule has 0 amide bonds. The molecule has 20 heavy (non-hydrogen) atoms. The number of aromatic nitrogens is 1. The summed E-state index contributed by atoms with van der Waals surface area (Å²) in [5, 5.41) is 2.73. The molecule has 0 bridgehead atoms. The molecule has 2 heterocycles. The van der Waals surface area contributed by atoms with E-state index in [0.29, 0.717) is 11.5 Å². The molecule has 1 N–H and O–H groups in total. The third-order valence-electron chi connectivity index (χ3n) is 2.70. The maximum Gasteiger partial charge on any atom is 0.419 e. The SMILES string of the molecule is Cc1ccc(C(C)Nc2ncc(Br)cc2C(F)(F)F)o1. The molecule has 2 aromatic heterocycles. The molecule has 1 unspecified atom stereocenters. The largest absolute Gasteiger partial charge is 0.464 e. The smallest absolute Gasteiger partial charge is 0.419 e. The molecule has 3 nitrogen and oxygen atoms in total. The van der Waals surface area contributed by atoms with Gasteiger partial charge in [0, 0.05) is 10.7 Å². The summed E-state index contributed by atoms with van der Waals surface area (Å²) < 4.78 is 44.5. The van der Waals surface area contributed by atoms with Crippen molar-refractivity contribution in [1.29, 1.82) is 0 Å². The van der Waals surface area contributed by atoms with Crippen LogP contribution in [0.25, 0.3) is 0 Å². The topological polar surface area (TPSA) is 38.1 Å². The Hall–Kier alpha value is -1.50. The van der Waals surface area contributed by atoms with Crippen LogP contribution in [0, 0.1) is 6.92 Å². The van der Waals surface area contributed by atoms with Gasteiger partial charge in [0.2, 0.25) is 0 Å². The van der Waals surface area contributed by atoms with Gasteiger partial charge in [0.05, 0.1) is 11.6 Å². The third-order valence-corrected chi connectivity index (χ3v) is 3.13. The number of nitrogens with zero attached hydrogens (tertiary/aromatic N) is 1. The van der Waals surface area contributed by atoms with Crippen molar-refractivity contribution in [1.82, 2.24) is 4.98 Å². The van der Waals surface area contributed by atoms with Gasteiger partial charge in [-0.3, -0.25) is 0 Å². The summed E-state index contributed by atoms with van der Waals surface area (Å²) in [7, 11) is 0. The van der Waals surface area contributed by atoms with Crippen molar-refractivity contribution in [2.45, 2.75) is 26.1 Å². The second-order valence-electron chi connectivity index (χ2n) is 4.36. The lowest BCUT2D eigenvalue weighted by molar-refractivity contribution is -0.137. The lowest BCUT2D eigenvalue weighted by Crippen LogP contribution is -2.14. The van der Waals surface area contributed by atoms with Gasteiger partial charge in [-0.05, 0) is 48.0 Å². The van der Waals surface area contributed by atoms with E-state index in [1.807, 2.05) is 0 Å². The summed E-state index contributed by atoms with van der Waals surface area (Å²) in [5.74, 6) is 1.04. The van der Waals surface area contributed by atoms with Crippen LogP contribution >= 0.6 is 15.9 Å². The van der Waals surface area contributed by atoms with Crippen molar-refractivity contribution in [2.75, 3.05) is 5.32 Å². The highest BCUT2D eigenvalue weighted by atomic mass is 79.9. The van der Waals surface area contributed by atoms with Crippen LogP contribution in [0.4, 0.5) is 19.0 Å². The lowest BCUT2D eigenvalue weighted by Gasteiger charge is -2.17. The average molecular weight is 349 g/mol. The Morgan fingerprint density at radius 3 is 2.60 bits per heavy atom. The van der Waals surface area contributed by atoms with Crippen molar-refractivity contribution in [3.8, 4) is 0 Å². The highest BCUT2D eigenvalue weighted by molar-refractivity contribution is 9.10. The number of pyridine rings is 1. The van der Waals surface area contributed by atoms with Gasteiger partial charge in [-0.1, -0.05) is 0 Å². The van der Waals surface area contributed by atoms with Crippen LogP contribution in [-0.2, 0) is 6.18 Å². The van der Waals surface area contributed by atoms with E-state index >= 15 is 0 Å². The number of halogens is 4. The monoisotopic (exact) mass is 348 g/mol. The summed E-state index contributed by atoms with van der Waals surface area (Å²) in [5.41, 5.74) is -0.818. The van der Waals surface area contributed by atoms with Crippen LogP contribution in [0.5, 0.6) is 0 Å². The molecule has 1 atom stereocenters. The van der Waals surface area contributed by atoms with E-state index in [1.54, 1.807) is 26.0 Å². The molecule has 0 fully saturated rings. The van der Waals surface area contributed by atoms with E-state index in [-0.39, 0.29) is 10.3 Å². The van der Waals surface area contributed by atoms with Crippen LogP contribution < -0.4 is 5.32 Å². The molecule has 7 heteroatoms. The van der Waals surface area contributed by atoms with E-state index in [1.165, 1.54) is 6.20 Å². The predicted molar refractivity (Wildman–Crippen MR) is 72.4 cm³/mol. The second-order valence-corrected chi connectivity index (χ2v) is 5.28. The Morgan fingerprint density at radius 1 is 1.35 bits per heavy atom. The Morgan fingerprint density at radius 2 is 2.05 bits per heavy atom. The predicted octanol–water partition coefficient (Wildman–Crippen LogP) is 4.94. The zero-order valence-electron chi connectivity index (χ0n) is 10.8. The summed E-state index contributed by atoms with van der Waals surface area (Å²) in [6.45, 7) is 3.48. The van der Waals surface area contributed by atoms with Crippen LogP contribution in [0.3, 0.4) is 0 Å². The van der Waals surface area contributed by atoms with Gasteiger partial charge in [0.1, 0.15) is 17.3 Å². The number of aryl methyl sites for hydroxylation is 1. The van der Waals surface area contributed by atoms with Gasteiger partial charge in [-0.15, -0.1) is 0 Å². The van der Waals surface area contributed by atoms with E-state index in [4.69, 9.17) is 4.42 Å². The molecule has 2 aromatic rings. The molecule has 0 spiro atoms. The van der Waals surface area contributed by atoms with Gasteiger partial charge in [0.25, 0.3) is 0 Å². The van der Waals surface area contributed by atoms with Crippen LogP contribution in [0.2, 0.25) is 0 Å². The Labute approximate surface area is 122 Å². The first-order valence-corrected chi connectivity index (χ1v) is 6.62. The van der Waals surface area contributed by atoms with E-state index < -0.39 is 17.8 Å². The minimum Gasteiger partial charge on any atom is -0.464 e. The Balaban J connectivity index is 2.29. The number of hydrogen-bond donors (Lipinski definition) is 1. The van der Waals surface area contributed by atoms with Crippen LogP contribution in [-0.4, -0.2) is 4.98 Å². The fraction of sp³-hybridized carbons (Fsp3) is 0.308. The number of nitrogens with one attached hydrogen (secondary N) is 1. The van der Waals surface area contributed by atoms with Gasteiger partial charge < -0.3 is 9.73 Å². The fourth-order valence-electron chi connectivity index (χ4n) is 1.73. The first kappa shape index (κ1) is 14.9. The molecule has 0 radical (unpaired) electrons. The van der Waals surface area contributed by atoms with Crippen LogP contribution in [0.15, 0.2) is 33.3 Å². The summed E-state index contributed by atoms with van der Waals surface area (Å²) in [6, 6.07) is 4.06. The highest BCUT2D eigenvalue weighted by Crippen LogP contribution is 2.36. The van der Waals surface area contributed by atoms with Crippen LogP contribution in [0.1, 0.15) is 30.0 Å². The van der Waals surface area contributed by atoms with Crippen molar-refractivity contribution in [3.05, 3.63) is 46.0 Å². The number of rotatable bonds is 3. The van der Waals surface area contributed by atoms with Gasteiger partial charge >= 0.3 is 6.18 Å². The zero-order valence-corrected chi connectivity index (χ0v) is 12.3. The third kappa shape index (κ3) is 3.33. The van der Waals surface area contributed by atoms with Crippen molar-refractivity contribution in [3.63, 3.8) is 0 Å². The molecule has 2 rings (SSSR count). The van der Waals surface area contributed by atoms with E-state index in [9.17, 15) is 13.2 Å².